The number of nitrogens with two attached hydrogens (primary N) is 1. The van der Waals surface area contributed by atoms with Crippen molar-refractivity contribution in [2.45, 2.75) is 71.8 Å². The third-order valence-electron chi connectivity index (χ3n) is 6.09. The van der Waals surface area contributed by atoms with E-state index in [0.717, 1.165) is 24.1 Å². The van der Waals surface area contributed by atoms with Crippen molar-refractivity contribution in [2.24, 2.45) is 0 Å². The highest BCUT2D eigenvalue weighted by Crippen LogP contribution is 2.37. The lowest BCUT2D eigenvalue weighted by molar-refractivity contribution is 0.272. The molecule has 33 heavy (non-hydrogen) atoms. The maximum atomic E-state index is 6.28. The number of anilines is 1. The van der Waals surface area contributed by atoms with Crippen LogP contribution in [0.15, 0.2) is 18.3 Å². The number of rotatable bonds is 10. The molecule has 0 bridgehead atoms. The van der Waals surface area contributed by atoms with Crippen LogP contribution in [0.4, 0.5) is 5.82 Å². The van der Waals surface area contributed by atoms with Crippen LogP contribution in [-0.2, 0) is 17.6 Å². The van der Waals surface area contributed by atoms with Crippen LogP contribution in [0.3, 0.4) is 0 Å². The number of ether oxygens (including phenoxy) is 2. The number of hydrogen-bond donors (Lipinski definition) is 1. The van der Waals surface area contributed by atoms with E-state index in [2.05, 4.69) is 60.7 Å². The normalized spacial score (nSPS) is 12.3. The van der Waals surface area contributed by atoms with E-state index in [1.807, 2.05) is 22.9 Å². The molecule has 3 aromatic rings. The molecule has 3 rings (SSSR count). The van der Waals surface area contributed by atoms with Gasteiger partial charge in [-0.25, -0.2) is 0 Å². The second-order valence-corrected chi connectivity index (χ2v) is 14.5. The minimum atomic E-state index is -1.83. The van der Waals surface area contributed by atoms with E-state index in [4.69, 9.17) is 19.6 Å². The first kappa shape index (κ1) is 24.9. The number of fused-ring (bicyclic) bond motifs is 1. The van der Waals surface area contributed by atoms with Gasteiger partial charge in [0.1, 0.15) is 0 Å². The molecule has 0 aromatic carbocycles. The van der Waals surface area contributed by atoms with Crippen LogP contribution >= 0.6 is 0 Å². The van der Waals surface area contributed by atoms with Crippen molar-refractivity contribution in [3.05, 3.63) is 29.6 Å². The maximum Gasteiger partial charge on any atom is 0.320 e. The van der Waals surface area contributed by atoms with Gasteiger partial charge in [0, 0.05) is 6.20 Å². The molecular formula is C23H36N6O3Si. The van der Waals surface area contributed by atoms with E-state index in [0.29, 0.717) is 36.9 Å². The SMILES string of the molecule is CCCCOc1nc(N)c2nc(OC)n(Cc3ccc(CO[Si](C)(C)C(C)(C)C)nc3)c2n1. The fourth-order valence-electron chi connectivity index (χ4n) is 2.94. The summed E-state index contributed by atoms with van der Waals surface area (Å²) in [5.74, 6) is 0.264. The van der Waals surface area contributed by atoms with Gasteiger partial charge in [-0.1, -0.05) is 40.2 Å². The van der Waals surface area contributed by atoms with Gasteiger partial charge in [0.2, 0.25) is 0 Å². The quantitative estimate of drug-likeness (QED) is 0.338. The Morgan fingerprint density at radius 1 is 1.12 bits per heavy atom. The number of pyridine rings is 1. The first-order chi connectivity index (χ1) is 15.6. The Morgan fingerprint density at radius 3 is 2.48 bits per heavy atom. The van der Waals surface area contributed by atoms with Crippen LogP contribution in [-0.4, -0.2) is 46.5 Å². The molecule has 0 saturated carbocycles. The lowest BCUT2D eigenvalue weighted by Crippen LogP contribution is -2.40. The van der Waals surface area contributed by atoms with Crippen molar-refractivity contribution in [3.63, 3.8) is 0 Å². The van der Waals surface area contributed by atoms with Crippen LogP contribution in [0.25, 0.3) is 11.2 Å². The summed E-state index contributed by atoms with van der Waals surface area (Å²) < 4.78 is 19.3. The van der Waals surface area contributed by atoms with Gasteiger partial charge in [-0.3, -0.25) is 9.55 Å². The molecule has 0 spiro atoms. The Bertz CT molecular complexity index is 1080. The fourth-order valence-corrected chi connectivity index (χ4v) is 3.88. The fraction of sp³-hybridized carbons (Fsp3) is 0.565. The van der Waals surface area contributed by atoms with Gasteiger partial charge in [0.05, 0.1) is 32.6 Å². The van der Waals surface area contributed by atoms with Crippen molar-refractivity contribution in [1.29, 1.82) is 0 Å². The highest BCUT2D eigenvalue weighted by Gasteiger charge is 2.37. The number of unbranched alkanes of at least 4 members (excludes halogenated alkanes) is 1. The zero-order valence-corrected chi connectivity index (χ0v) is 21.8. The lowest BCUT2D eigenvalue weighted by atomic mass is 10.2. The monoisotopic (exact) mass is 472 g/mol. The molecular weight excluding hydrogens is 436 g/mol. The summed E-state index contributed by atoms with van der Waals surface area (Å²) in [6, 6.07) is 4.68. The van der Waals surface area contributed by atoms with Gasteiger partial charge in [0.15, 0.2) is 25.3 Å². The van der Waals surface area contributed by atoms with E-state index in [1.165, 1.54) is 0 Å². The molecule has 3 aromatic heterocycles. The van der Waals surface area contributed by atoms with Gasteiger partial charge in [-0.2, -0.15) is 15.0 Å². The Morgan fingerprint density at radius 2 is 1.88 bits per heavy atom. The average Bonchev–Trinajstić information content (AvgIpc) is 3.11. The molecule has 0 saturated heterocycles. The van der Waals surface area contributed by atoms with Crippen LogP contribution < -0.4 is 15.2 Å². The molecule has 0 unspecified atom stereocenters. The van der Waals surface area contributed by atoms with Crippen LogP contribution in [0, 0.1) is 0 Å². The second kappa shape index (κ2) is 10.0. The molecule has 0 aliphatic carbocycles. The zero-order chi connectivity index (χ0) is 24.2. The van der Waals surface area contributed by atoms with Gasteiger partial charge >= 0.3 is 6.01 Å². The van der Waals surface area contributed by atoms with E-state index in [9.17, 15) is 0 Å². The lowest BCUT2D eigenvalue weighted by Gasteiger charge is -2.36. The summed E-state index contributed by atoms with van der Waals surface area (Å²) in [5, 5.41) is 0.161. The zero-order valence-electron chi connectivity index (χ0n) is 20.8. The summed E-state index contributed by atoms with van der Waals surface area (Å²) in [7, 11) is -0.257. The maximum absolute atomic E-state index is 6.28. The second-order valence-electron chi connectivity index (χ2n) is 9.66. The minimum absolute atomic E-state index is 0.161. The summed E-state index contributed by atoms with van der Waals surface area (Å²) in [6.45, 7) is 14.8. The third-order valence-corrected chi connectivity index (χ3v) is 10.6. The largest absolute Gasteiger partial charge is 0.468 e. The Labute approximate surface area is 196 Å². The molecule has 0 aliphatic heterocycles. The summed E-state index contributed by atoms with van der Waals surface area (Å²) >= 11 is 0. The standard InChI is InChI=1S/C23H36N6O3Si/c1-8-9-12-31-21-27-19(24)18-20(28-21)29(22(26-18)30-5)14-16-10-11-17(25-13-16)15-32-33(6,7)23(2,3)4/h10-11,13H,8-9,12,14-15H2,1-7H3,(H2,24,27,28). The van der Waals surface area contributed by atoms with Crippen molar-refractivity contribution in [3.8, 4) is 12.0 Å². The molecule has 9 nitrogen and oxygen atoms in total. The molecule has 2 N–H and O–H groups in total. The van der Waals surface area contributed by atoms with Gasteiger partial charge < -0.3 is 19.6 Å². The molecule has 3 heterocycles. The van der Waals surface area contributed by atoms with E-state index < -0.39 is 8.32 Å². The molecule has 0 aliphatic rings. The number of aromatic nitrogens is 5. The van der Waals surface area contributed by atoms with Crippen molar-refractivity contribution >= 4 is 25.3 Å². The van der Waals surface area contributed by atoms with Crippen LogP contribution in [0.5, 0.6) is 12.0 Å². The minimum Gasteiger partial charge on any atom is -0.468 e. The Hall–Kier alpha value is -2.72. The topological polar surface area (TPSA) is 110 Å². The summed E-state index contributed by atoms with van der Waals surface area (Å²) in [4.78, 5) is 17.8. The first-order valence-electron chi connectivity index (χ1n) is 11.3. The highest BCUT2D eigenvalue weighted by molar-refractivity contribution is 6.74. The van der Waals surface area contributed by atoms with E-state index in [1.54, 1.807) is 7.11 Å². The third kappa shape index (κ3) is 5.80. The van der Waals surface area contributed by atoms with Gasteiger partial charge in [-0.15, -0.1) is 0 Å². The van der Waals surface area contributed by atoms with E-state index in [-0.39, 0.29) is 16.9 Å². The number of imidazole rings is 1. The molecule has 0 fully saturated rings. The predicted molar refractivity (Wildman–Crippen MR) is 132 cm³/mol. The van der Waals surface area contributed by atoms with Crippen LogP contribution in [0.2, 0.25) is 18.1 Å². The smallest absolute Gasteiger partial charge is 0.320 e. The Balaban J connectivity index is 1.80. The van der Waals surface area contributed by atoms with Crippen LogP contribution in [0.1, 0.15) is 51.8 Å². The Kier molecular flexibility index (Phi) is 7.58. The van der Waals surface area contributed by atoms with Crippen molar-refractivity contribution in [1.82, 2.24) is 24.5 Å². The first-order valence-corrected chi connectivity index (χ1v) is 14.2. The molecule has 10 heteroatoms. The number of nitrogen functional groups attached to an aromatic ring is 1. The number of hydrogen-bond acceptors (Lipinski definition) is 8. The van der Waals surface area contributed by atoms with Gasteiger partial charge in [-0.05, 0) is 36.2 Å². The summed E-state index contributed by atoms with van der Waals surface area (Å²) in [5.41, 5.74) is 9.07. The van der Waals surface area contributed by atoms with Crippen molar-refractivity contribution < 1.29 is 13.9 Å². The highest BCUT2D eigenvalue weighted by atomic mass is 28.4. The molecule has 0 radical (unpaired) electrons. The molecule has 180 valence electrons. The molecule has 0 amide bonds. The predicted octanol–water partition coefficient (Wildman–Crippen LogP) is 4.56. The number of nitrogens with zero attached hydrogens (tertiary/aromatic N) is 5. The van der Waals surface area contributed by atoms with Gasteiger partial charge in [0.25, 0.3) is 6.01 Å². The van der Waals surface area contributed by atoms with Crippen molar-refractivity contribution in [2.75, 3.05) is 19.5 Å². The average molecular weight is 473 g/mol. The van der Waals surface area contributed by atoms with E-state index >= 15 is 0 Å². The number of methoxy groups -OCH3 is 1. The molecule has 0 atom stereocenters. The summed E-state index contributed by atoms with van der Waals surface area (Å²) in [6.07, 6.45) is 3.78.